The molecule has 1 amide bonds. The summed E-state index contributed by atoms with van der Waals surface area (Å²) in [4.78, 5) is 23.3. The molecule has 2 aliphatic heterocycles. The van der Waals surface area contributed by atoms with Crippen LogP contribution in [0.5, 0.6) is 5.75 Å². The van der Waals surface area contributed by atoms with Gasteiger partial charge in [0.15, 0.2) is 0 Å². The van der Waals surface area contributed by atoms with Crippen LogP contribution in [0.25, 0.3) is 0 Å². The Morgan fingerprint density at radius 3 is 2.66 bits per heavy atom. The molecule has 5 rings (SSSR count). The third-order valence-corrected chi connectivity index (χ3v) is 6.06. The zero-order valence-corrected chi connectivity index (χ0v) is 16.7. The highest BCUT2D eigenvalue weighted by atomic mass is 16.5. The second-order valence-corrected chi connectivity index (χ2v) is 8.19. The third-order valence-electron chi connectivity index (χ3n) is 6.06. The second-order valence-electron chi connectivity index (χ2n) is 8.19. The van der Waals surface area contributed by atoms with Crippen LogP contribution in [-0.2, 0) is 11.3 Å². The molecule has 0 unspecified atom stereocenters. The van der Waals surface area contributed by atoms with E-state index in [1.165, 1.54) is 18.4 Å². The summed E-state index contributed by atoms with van der Waals surface area (Å²) in [5, 5.41) is 3.26. The molecule has 152 valence electrons. The van der Waals surface area contributed by atoms with E-state index in [1.807, 2.05) is 11.8 Å². The second kappa shape index (κ2) is 7.30. The maximum absolute atomic E-state index is 12.7. The van der Waals surface area contributed by atoms with E-state index in [-0.39, 0.29) is 11.4 Å². The van der Waals surface area contributed by atoms with Crippen LogP contribution >= 0.6 is 0 Å². The lowest BCUT2D eigenvalue weighted by Gasteiger charge is -2.57. The van der Waals surface area contributed by atoms with Crippen molar-refractivity contribution in [2.24, 2.45) is 0 Å². The van der Waals surface area contributed by atoms with Gasteiger partial charge in [0.2, 0.25) is 5.95 Å². The first-order valence-electron chi connectivity index (χ1n) is 10.4. The van der Waals surface area contributed by atoms with E-state index >= 15 is 0 Å². The van der Waals surface area contributed by atoms with E-state index in [4.69, 9.17) is 9.47 Å². The number of amides is 1. The monoisotopic (exact) mass is 394 g/mol. The van der Waals surface area contributed by atoms with Crippen LogP contribution < -0.4 is 10.1 Å². The molecule has 1 aliphatic carbocycles. The molecule has 0 atom stereocenters. The molecule has 2 saturated heterocycles. The zero-order chi connectivity index (χ0) is 19.8. The lowest BCUT2D eigenvalue weighted by atomic mass is 9.82. The Morgan fingerprint density at radius 2 is 2.07 bits per heavy atom. The molecule has 29 heavy (non-hydrogen) atoms. The summed E-state index contributed by atoms with van der Waals surface area (Å²) in [5.74, 6) is 2.09. The number of ether oxygens (including phenoxy) is 2. The smallest absolute Gasteiger partial charge is 0.257 e. The predicted molar refractivity (Wildman–Crippen MR) is 108 cm³/mol. The number of hydrogen-bond donors (Lipinski definition) is 1. The van der Waals surface area contributed by atoms with E-state index in [1.54, 1.807) is 12.4 Å². The van der Waals surface area contributed by atoms with Crippen molar-refractivity contribution < 1.29 is 14.3 Å². The summed E-state index contributed by atoms with van der Waals surface area (Å²) in [7, 11) is 0. The van der Waals surface area contributed by atoms with Crippen molar-refractivity contribution in [2.45, 2.75) is 44.2 Å². The summed E-state index contributed by atoms with van der Waals surface area (Å²) >= 11 is 0. The number of carbonyl (C=O) groups excluding carboxylic acids is 1. The molecule has 1 spiro atoms. The predicted octanol–water partition coefficient (Wildman–Crippen LogP) is 2.98. The van der Waals surface area contributed by atoms with Crippen molar-refractivity contribution in [1.82, 2.24) is 14.9 Å². The van der Waals surface area contributed by atoms with Gasteiger partial charge in [0.1, 0.15) is 5.75 Å². The van der Waals surface area contributed by atoms with Crippen LogP contribution in [0, 0.1) is 0 Å². The molecule has 7 heteroatoms. The highest BCUT2D eigenvalue weighted by molar-refractivity contribution is 5.95. The average molecular weight is 394 g/mol. The lowest BCUT2D eigenvalue weighted by molar-refractivity contribution is -0.172. The normalized spacial score (nSPS) is 19.4. The van der Waals surface area contributed by atoms with Crippen molar-refractivity contribution in [3.8, 4) is 5.75 Å². The first kappa shape index (κ1) is 18.4. The molecule has 3 aliphatic rings. The molecule has 3 fully saturated rings. The minimum Gasteiger partial charge on any atom is -0.494 e. The SMILES string of the molecule is CCOc1cc(CNc2ncc(C(=O)N3CCC34COC4)cn2)cc(C2CC2)c1. The lowest BCUT2D eigenvalue weighted by Crippen LogP contribution is -2.72. The fourth-order valence-corrected chi connectivity index (χ4v) is 4.05. The average Bonchev–Trinajstić information content (AvgIpc) is 3.50. The van der Waals surface area contributed by atoms with Crippen molar-refractivity contribution in [2.75, 3.05) is 31.7 Å². The fourth-order valence-electron chi connectivity index (χ4n) is 4.05. The summed E-state index contributed by atoms with van der Waals surface area (Å²) < 4.78 is 11.0. The molecule has 1 aromatic heterocycles. The quantitative estimate of drug-likeness (QED) is 0.778. The van der Waals surface area contributed by atoms with Crippen LogP contribution in [0.15, 0.2) is 30.6 Å². The topological polar surface area (TPSA) is 76.6 Å². The number of hydrogen-bond acceptors (Lipinski definition) is 6. The number of benzene rings is 1. The molecule has 1 saturated carbocycles. The Bertz CT molecular complexity index is 901. The number of aromatic nitrogens is 2. The standard InChI is InChI=1S/C22H26N4O3/c1-2-29-19-8-15(7-17(9-19)16-3-4-16)10-23-21-24-11-18(12-25-21)20(27)26-6-5-22(26)13-28-14-22/h7-9,11-12,16H,2-6,10,13-14H2,1H3,(H,23,24,25). The number of anilines is 1. The maximum Gasteiger partial charge on any atom is 0.257 e. The highest BCUT2D eigenvalue weighted by Gasteiger charge is 2.53. The summed E-state index contributed by atoms with van der Waals surface area (Å²) in [6.45, 7) is 5.33. The summed E-state index contributed by atoms with van der Waals surface area (Å²) in [5.41, 5.74) is 2.95. The minimum absolute atomic E-state index is 0.00964. The van der Waals surface area contributed by atoms with Gasteiger partial charge in [0.05, 0.1) is 30.9 Å². The van der Waals surface area contributed by atoms with E-state index in [0.29, 0.717) is 43.8 Å². The van der Waals surface area contributed by atoms with Crippen LogP contribution in [0.4, 0.5) is 5.95 Å². The van der Waals surface area contributed by atoms with Gasteiger partial charge in [-0.15, -0.1) is 0 Å². The van der Waals surface area contributed by atoms with Gasteiger partial charge in [-0.25, -0.2) is 9.97 Å². The van der Waals surface area contributed by atoms with Crippen LogP contribution in [0.3, 0.4) is 0 Å². The molecule has 1 aromatic carbocycles. The van der Waals surface area contributed by atoms with E-state index in [9.17, 15) is 4.79 Å². The largest absolute Gasteiger partial charge is 0.494 e. The summed E-state index contributed by atoms with van der Waals surface area (Å²) in [6.07, 6.45) is 6.74. The third kappa shape index (κ3) is 3.55. The van der Waals surface area contributed by atoms with E-state index in [2.05, 4.69) is 33.5 Å². The Kier molecular flexibility index (Phi) is 4.62. The molecular weight excluding hydrogens is 368 g/mol. The van der Waals surface area contributed by atoms with Gasteiger partial charge >= 0.3 is 0 Å². The van der Waals surface area contributed by atoms with Crippen LogP contribution in [0.1, 0.15) is 53.6 Å². The Hall–Kier alpha value is -2.67. The van der Waals surface area contributed by atoms with Gasteiger partial charge in [-0.3, -0.25) is 4.79 Å². The Balaban J connectivity index is 1.23. The van der Waals surface area contributed by atoms with Gasteiger partial charge in [0.25, 0.3) is 5.91 Å². The van der Waals surface area contributed by atoms with Crippen molar-refractivity contribution in [1.29, 1.82) is 0 Å². The van der Waals surface area contributed by atoms with Crippen molar-refractivity contribution >= 4 is 11.9 Å². The van der Waals surface area contributed by atoms with Crippen molar-refractivity contribution in [3.05, 3.63) is 47.3 Å². The molecule has 1 N–H and O–H groups in total. The Labute approximate surface area is 170 Å². The Morgan fingerprint density at radius 1 is 1.28 bits per heavy atom. The van der Waals surface area contributed by atoms with Gasteiger partial charge < -0.3 is 19.7 Å². The highest BCUT2D eigenvalue weighted by Crippen LogP contribution is 2.41. The molecule has 7 nitrogen and oxygen atoms in total. The maximum atomic E-state index is 12.7. The molecule has 3 heterocycles. The van der Waals surface area contributed by atoms with E-state index < -0.39 is 0 Å². The fraction of sp³-hybridized carbons (Fsp3) is 0.500. The molecular formula is C22H26N4O3. The van der Waals surface area contributed by atoms with Crippen LogP contribution in [0.2, 0.25) is 0 Å². The molecule has 2 aromatic rings. The first-order chi connectivity index (χ1) is 14.2. The molecule has 0 radical (unpaired) electrons. The number of nitrogens with one attached hydrogen (secondary N) is 1. The zero-order valence-electron chi connectivity index (χ0n) is 16.7. The van der Waals surface area contributed by atoms with E-state index in [0.717, 1.165) is 24.3 Å². The number of likely N-dealkylation sites (tertiary alicyclic amines) is 1. The number of rotatable bonds is 7. The first-order valence-corrected chi connectivity index (χ1v) is 10.4. The number of nitrogens with zero attached hydrogens (tertiary/aromatic N) is 3. The van der Waals surface area contributed by atoms with Gasteiger partial charge in [-0.1, -0.05) is 6.07 Å². The van der Waals surface area contributed by atoms with Gasteiger partial charge in [0, 0.05) is 25.5 Å². The van der Waals surface area contributed by atoms with Crippen molar-refractivity contribution in [3.63, 3.8) is 0 Å². The number of carbonyl (C=O) groups is 1. The van der Waals surface area contributed by atoms with Gasteiger partial charge in [-0.2, -0.15) is 0 Å². The molecule has 0 bridgehead atoms. The minimum atomic E-state index is -0.0706. The van der Waals surface area contributed by atoms with Gasteiger partial charge in [-0.05, 0) is 55.4 Å². The van der Waals surface area contributed by atoms with Crippen LogP contribution in [-0.4, -0.2) is 52.7 Å². The summed E-state index contributed by atoms with van der Waals surface area (Å²) in [6, 6.07) is 6.44.